The number of halogens is 1. The van der Waals surface area contributed by atoms with Crippen molar-refractivity contribution >= 4 is 29.3 Å². The predicted octanol–water partition coefficient (Wildman–Crippen LogP) is 2.33. The second kappa shape index (κ2) is 8.39. The highest BCUT2D eigenvalue weighted by Crippen LogP contribution is 2.19. The Morgan fingerprint density at radius 2 is 2.12 bits per heavy atom. The summed E-state index contributed by atoms with van der Waals surface area (Å²) >= 11 is 7.67. The molecule has 1 aromatic heterocycles. The zero-order valence-corrected chi connectivity index (χ0v) is 15.2. The Labute approximate surface area is 151 Å². The Morgan fingerprint density at radius 1 is 1.29 bits per heavy atom. The van der Waals surface area contributed by atoms with Crippen LogP contribution in [0.15, 0.2) is 34.2 Å². The third-order valence-electron chi connectivity index (χ3n) is 3.80. The molecule has 0 spiro atoms. The number of hydrogen-bond donors (Lipinski definition) is 2. The first kappa shape index (κ1) is 17.1. The van der Waals surface area contributed by atoms with Crippen LogP contribution in [-0.4, -0.2) is 40.1 Å². The number of aliphatic imine (C=N–C) groups is 1. The van der Waals surface area contributed by atoms with Crippen molar-refractivity contribution in [2.75, 3.05) is 19.3 Å². The summed E-state index contributed by atoms with van der Waals surface area (Å²) in [5, 5.41) is 15.8. The molecule has 24 heavy (non-hydrogen) atoms. The molecule has 2 aromatic rings. The monoisotopic (exact) mass is 364 g/mol. The van der Waals surface area contributed by atoms with Crippen molar-refractivity contribution in [3.05, 3.63) is 40.9 Å². The average molecular weight is 365 g/mol. The fourth-order valence-electron chi connectivity index (χ4n) is 2.59. The largest absolute Gasteiger partial charge is 0.356 e. The number of nitrogens with one attached hydrogen (secondary N) is 2. The molecule has 0 saturated carbocycles. The second-order valence-corrected chi connectivity index (χ2v) is 7.05. The molecule has 0 bridgehead atoms. The van der Waals surface area contributed by atoms with Crippen molar-refractivity contribution in [3.8, 4) is 0 Å². The summed E-state index contributed by atoms with van der Waals surface area (Å²) in [4.78, 5) is 5.46. The summed E-state index contributed by atoms with van der Waals surface area (Å²) in [6, 6.07) is 7.89. The molecule has 2 heterocycles. The van der Waals surface area contributed by atoms with Gasteiger partial charge in [0, 0.05) is 42.2 Å². The van der Waals surface area contributed by atoms with E-state index < -0.39 is 0 Å². The van der Waals surface area contributed by atoms with Crippen LogP contribution in [0.2, 0.25) is 5.02 Å². The lowest BCUT2D eigenvalue weighted by atomic mass is 10.4. The van der Waals surface area contributed by atoms with Crippen molar-refractivity contribution < 1.29 is 0 Å². The normalized spacial score (nSPS) is 13.8. The van der Waals surface area contributed by atoms with Gasteiger partial charge in [-0.3, -0.25) is 4.99 Å². The minimum Gasteiger partial charge on any atom is -0.356 e. The molecule has 0 amide bonds. The molecule has 6 nitrogen and oxygen atoms in total. The number of aryl methyl sites for hydroxylation is 1. The van der Waals surface area contributed by atoms with Gasteiger partial charge in [-0.15, -0.1) is 22.0 Å². The van der Waals surface area contributed by atoms with Gasteiger partial charge >= 0.3 is 0 Å². The van der Waals surface area contributed by atoms with Crippen LogP contribution < -0.4 is 10.6 Å². The van der Waals surface area contributed by atoms with Gasteiger partial charge in [0.2, 0.25) is 0 Å². The highest BCUT2D eigenvalue weighted by atomic mass is 35.5. The third-order valence-corrected chi connectivity index (χ3v) is 5.07. The fourth-order valence-corrected chi connectivity index (χ4v) is 3.49. The molecule has 0 fully saturated rings. The van der Waals surface area contributed by atoms with Gasteiger partial charge in [0.1, 0.15) is 5.82 Å². The van der Waals surface area contributed by atoms with Crippen LogP contribution in [0.1, 0.15) is 18.1 Å². The Balaban J connectivity index is 1.39. The van der Waals surface area contributed by atoms with Gasteiger partial charge in [-0.05, 0) is 30.7 Å². The maximum atomic E-state index is 5.89. The molecule has 1 aliphatic rings. The molecule has 0 unspecified atom stereocenters. The van der Waals surface area contributed by atoms with Crippen molar-refractivity contribution in [2.45, 2.75) is 30.8 Å². The molecule has 0 aliphatic carbocycles. The quantitative estimate of drug-likeness (QED) is 0.356. The Bertz CT molecular complexity index is 697. The molecule has 1 aromatic carbocycles. The molecular weight excluding hydrogens is 344 g/mol. The summed E-state index contributed by atoms with van der Waals surface area (Å²) < 4.78 is 2.19. The summed E-state index contributed by atoms with van der Waals surface area (Å²) in [6.45, 7) is 2.48. The van der Waals surface area contributed by atoms with Gasteiger partial charge in [0.15, 0.2) is 11.8 Å². The van der Waals surface area contributed by atoms with Crippen LogP contribution in [0.25, 0.3) is 0 Å². The van der Waals surface area contributed by atoms with Gasteiger partial charge in [0.05, 0.1) is 6.54 Å². The lowest BCUT2D eigenvalue weighted by Crippen LogP contribution is -2.38. The lowest BCUT2D eigenvalue weighted by molar-refractivity contribution is 0.664. The fraction of sp³-hybridized carbons (Fsp3) is 0.438. The standard InChI is InChI=1S/C16H21ClN6S/c1-18-16(19-8-10-24-13-6-4-12(17)5-7-13)20-11-15-22-21-14-3-2-9-23(14)15/h4-7H,2-3,8-11H2,1H3,(H2,18,19,20). The zero-order valence-electron chi connectivity index (χ0n) is 13.6. The number of thioether (sulfide) groups is 1. The molecular formula is C16H21ClN6S. The van der Waals surface area contributed by atoms with Crippen LogP contribution in [-0.2, 0) is 19.5 Å². The number of fused-ring (bicyclic) bond motifs is 1. The smallest absolute Gasteiger partial charge is 0.191 e. The van der Waals surface area contributed by atoms with E-state index in [-0.39, 0.29) is 0 Å². The number of benzene rings is 1. The molecule has 1 aliphatic heterocycles. The highest BCUT2D eigenvalue weighted by molar-refractivity contribution is 7.99. The third kappa shape index (κ3) is 4.42. The van der Waals surface area contributed by atoms with Crippen molar-refractivity contribution in [1.82, 2.24) is 25.4 Å². The second-order valence-electron chi connectivity index (χ2n) is 5.44. The molecule has 8 heteroatoms. The Kier molecular flexibility index (Phi) is 5.98. The van der Waals surface area contributed by atoms with Crippen molar-refractivity contribution in [1.29, 1.82) is 0 Å². The number of nitrogens with zero attached hydrogens (tertiary/aromatic N) is 4. The molecule has 0 saturated heterocycles. The number of hydrogen-bond acceptors (Lipinski definition) is 4. The van der Waals surface area contributed by atoms with Gasteiger partial charge < -0.3 is 15.2 Å². The summed E-state index contributed by atoms with van der Waals surface area (Å²) in [6.07, 6.45) is 2.19. The highest BCUT2D eigenvalue weighted by Gasteiger charge is 2.16. The van der Waals surface area contributed by atoms with E-state index in [1.807, 2.05) is 24.3 Å². The topological polar surface area (TPSA) is 67.1 Å². The molecule has 0 atom stereocenters. The molecule has 2 N–H and O–H groups in total. The van der Waals surface area contributed by atoms with E-state index in [0.29, 0.717) is 6.54 Å². The van der Waals surface area contributed by atoms with Gasteiger partial charge in [-0.25, -0.2) is 0 Å². The van der Waals surface area contributed by atoms with E-state index in [1.165, 1.54) is 4.90 Å². The van der Waals surface area contributed by atoms with Crippen LogP contribution in [0.3, 0.4) is 0 Å². The van der Waals surface area contributed by atoms with Crippen LogP contribution >= 0.6 is 23.4 Å². The SMILES string of the molecule is CN=C(NCCSc1ccc(Cl)cc1)NCc1nnc2n1CCC2. The number of rotatable bonds is 6. The van der Waals surface area contributed by atoms with E-state index in [9.17, 15) is 0 Å². The first-order chi connectivity index (χ1) is 11.8. The van der Waals surface area contributed by atoms with Gasteiger partial charge in [0.25, 0.3) is 0 Å². The lowest BCUT2D eigenvalue weighted by Gasteiger charge is -2.11. The number of aromatic nitrogens is 3. The first-order valence-electron chi connectivity index (χ1n) is 8.00. The molecule has 128 valence electrons. The van der Waals surface area contributed by atoms with Crippen LogP contribution in [0.4, 0.5) is 0 Å². The molecule has 0 radical (unpaired) electrons. The Morgan fingerprint density at radius 3 is 2.92 bits per heavy atom. The van der Waals surface area contributed by atoms with Crippen LogP contribution in [0.5, 0.6) is 0 Å². The maximum absolute atomic E-state index is 5.89. The maximum Gasteiger partial charge on any atom is 0.191 e. The zero-order chi connectivity index (χ0) is 16.8. The van der Waals surface area contributed by atoms with E-state index in [0.717, 1.165) is 54.3 Å². The van der Waals surface area contributed by atoms with E-state index in [4.69, 9.17) is 11.6 Å². The van der Waals surface area contributed by atoms with Crippen molar-refractivity contribution in [3.63, 3.8) is 0 Å². The van der Waals surface area contributed by atoms with Gasteiger partial charge in [-0.2, -0.15) is 0 Å². The van der Waals surface area contributed by atoms with E-state index in [2.05, 4.69) is 30.4 Å². The summed E-state index contributed by atoms with van der Waals surface area (Å²) in [7, 11) is 1.77. The Hall–Kier alpha value is -1.73. The van der Waals surface area contributed by atoms with E-state index in [1.54, 1.807) is 18.8 Å². The minimum atomic E-state index is 0.636. The first-order valence-corrected chi connectivity index (χ1v) is 9.36. The van der Waals surface area contributed by atoms with E-state index >= 15 is 0 Å². The average Bonchev–Trinajstić information content (AvgIpc) is 3.20. The minimum absolute atomic E-state index is 0.636. The van der Waals surface area contributed by atoms with Gasteiger partial charge in [-0.1, -0.05) is 11.6 Å². The summed E-state index contributed by atoms with van der Waals surface area (Å²) in [5.74, 6) is 3.79. The molecule has 3 rings (SSSR count). The number of guanidine groups is 1. The predicted molar refractivity (Wildman–Crippen MR) is 98.7 cm³/mol. The summed E-state index contributed by atoms with van der Waals surface area (Å²) in [5.41, 5.74) is 0. The van der Waals surface area contributed by atoms with Crippen LogP contribution in [0, 0.1) is 0 Å². The van der Waals surface area contributed by atoms with Crippen molar-refractivity contribution in [2.24, 2.45) is 4.99 Å².